The molecule has 0 N–H and O–H groups in total. The largest absolute Gasteiger partial charge is 0.573 e. The zero-order valence-electron chi connectivity index (χ0n) is 10.8. The highest BCUT2D eigenvalue weighted by Gasteiger charge is 2.38. The summed E-state index contributed by atoms with van der Waals surface area (Å²) in [4.78, 5) is 20.0. The number of carbonyl (C=O) groups excluding carboxylic acids is 2. The minimum Gasteiger partial charge on any atom is -0.461 e. The van der Waals surface area contributed by atoms with Crippen LogP contribution >= 0.6 is 11.3 Å². The average molecular weight is 359 g/mol. The summed E-state index contributed by atoms with van der Waals surface area (Å²) < 4.78 is 70.9. The minimum absolute atomic E-state index is 0.0668. The molecule has 12 heteroatoms. The zero-order valence-corrected chi connectivity index (χ0v) is 12.5. The van der Waals surface area contributed by atoms with Gasteiger partial charge in [0.15, 0.2) is 10.6 Å². The predicted octanol–water partition coefficient (Wildman–Crippen LogP) is 2.24. The Bertz CT molecular complexity index is 703. The van der Waals surface area contributed by atoms with E-state index in [0.717, 1.165) is 0 Å². The predicted molar refractivity (Wildman–Crippen MR) is 66.9 cm³/mol. The Labute approximate surface area is 126 Å². The SMILES string of the molecule is CCCOC(=O)c1scc(OC(F)(F)F)c1S(=O)(=O)N=C=O. The Hall–Kier alpha value is -1.91. The minimum atomic E-state index is -5.19. The number of ether oxygens (including phenoxy) is 2. The summed E-state index contributed by atoms with van der Waals surface area (Å²) in [5.74, 6) is -2.33. The fourth-order valence-electron chi connectivity index (χ4n) is 1.27. The van der Waals surface area contributed by atoms with Gasteiger partial charge in [0, 0.05) is 5.38 Å². The van der Waals surface area contributed by atoms with Crippen molar-refractivity contribution in [2.24, 2.45) is 4.40 Å². The van der Waals surface area contributed by atoms with Gasteiger partial charge in [0.05, 0.1) is 6.61 Å². The van der Waals surface area contributed by atoms with E-state index in [0.29, 0.717) is 29.2 Å². The molecule has 0 bridgehead atoms. The molecule has 0 radical (unpaired) electrons. The molecule has 122 valence electrons. The number of hydrogen-bond donors (Lipinski definition) is 0. The Morgan fingerprint density at radius 1 is 1.45 bits per heavy atom. The van der Waals surface area contributed by atoms with Crippen molar-refractivity contribution in [3.05, 3.63) is 10.3 Å². The molecule has 0 spiro atoms. The molecule has 1 heterocycles. The van der Waals surface area contributed by atoms with Crippen LogP contribution in [0.1, 0.15) is 23.0 Å². The Balaban J connectivity index is 3.41. The van der Waals surface area contributed by atoms with Crippen molar-refractivity contribution >= 4 is 33.4 Å². The molecule has 0 aromatic carbocycles. The molecule has 1 aromatic rings. The molecule has 0 amide bonds. The van der Waals surface area contributed by atoms with Crippen molar-refractivity contribution in [1.82, 2.24) is 0 Å². The van der Waals surface area contributed by atoms with E-state index in [1.165, 1.54) is 0 Å². The first-order valence-electron chi connectivity index (χ1n) is 5.51. The van der Waals surface area contributed by atoms with E-state index >= 15 is 0 Å². The van der Waals surface area contributed by atoms with Gasteiger partial charge < -0.3 is 9.47 Å². The van der Waals surface area contributed by atoms with Crippen molar-refractivity contribution in [2.45, 2.75) is 24.6 Å². The number of rotatable bonds is 6. The summed E-state index contributed by atoms with van der Waals surface area (Å²) in [6, 6.07) is 0. The van der Waals surface area contributed by atoms with E-state index in [-0.39, 0.29) is 6.61 Å². The normalized spacial score (nSPS) is 11.6. The molecule has 0 aliphatic carbocycles. The maximum Gasteiger partial charge on any atom is 0.573 e. The molecule has 0 aliphatic heterocycles. The van der Waals surface area contributed by atoms with Crippen LogP contribution < -0.4 is 4.74 Å². The lowest BCUT2D eigenvalue weighted by Gasteiger charge is -2.09. The molecule has 1 rings (SSSR count). The lowest BCUT2D eigenvalue weighted by Crippen LogP contribution is -2.19. The van der Waals surface area contributed by atoms with Gasteiger partial charge >= 0.3 is 12.3 Å². The van der Waals surface area contributed by atoms with E-state index < -0.39 is 37.9 Å². The maximum absolute atomic E-state index is 12.3. The monoisotopic (exact) mass is 359 g/mol. The van der Waals surface area contributed by atoms with Gasteiger partial charge in [-0.2, -0.15) is 8.42 Å². The Morgan fingerprint density at radius 3 is 2.59 bits per heavy atom. The number of alkyl halides is 3. The van der Waals surface area contributed by atoms with Gasteiger partial charge in [-0.25, -0.2) is 9.59 Å². The Morgan fingerprint density at radius 2 is 2.09 bits per heavy atom. The molecule has 7 nitrogen and oxygen atoms in total. The first kappa shape index (κ1) is 18.1. The zero-order chi connectivity index (χ0) is 17.0. The lowest BCUT2D eigenvalue weighted by molar-refractivity contribution is -0.275. The number of esters is 1. The van der Waals surface area contributed by atoms with E-state index in [1.54, 1.807) is 6.92 Å². The number of sulfonamides is 1. The van der Waals surface area contributed by atoms with E-state index in [2.05, 4.69) is 13.9 Å². The number of carbonyl (C=O) groups is 1. The second-order valence-corrected chi connectivity index (χ2v) is 6.02. The van der Waals surface area contributed by atoms with Gasteiger partial charge in [-0.15, -0.1) is 24.5 Å². The Kier molecular flexibility index (Phi) is 5.69. The summed E-state index contributed by atoms with van der Waals surface area (Å²) >= 11 is 0.360. The van der Waals surface area contributed by atoms with Crippen LogP contribution in [-0.2, 0) is 19.6 Å². The van der Waals surface area contributed by atoms with Crippen molar-refractivity contribution < 1.29 is 40.7 Å². The summed E-state index contributed by atoms with van der Waals surface area (Å²) in [6.07, 6.45) is -4.08. The maximum atomic E-state index is 12.3. The summed E-state index contributed by atoms with van der Waals surface area (Å²) in [5.41, 5.74) is 0. The molecule has 0 saturated heterocycles. The fourth-order valence-corrected chi connectivity index (χ4v) is 3.42. The van der Waals surface area contributed by atoms with Crippen molar-refractivity contribution in [3.63, 3.8) is 0 Å². The number of halogens is 3. The van der Waals surface area contributed by atoms with Crippen molar-refractivity contribution in [3.8, 4) is 5.75 Å². The molecule has 0 unspecified atom stereocenters. The first-order valence-corrected chi connectivity index (χ1v) is 7.83. The van der Waals surface area contributed by atoms with E-state index in [4.69, 9.17) is 0 Å². The molecule has 0 saturated carbocycles. The molecule has 0 aliphatic rings. The summed E-state index contributed by atoms with van der Waals surface area (Å²) in [7, 11) is -4.88. The molecular formula is C10H8F3NO6S2. The van der Waals surface area contributed by atoms with Crippen LogP contribution in [0, 0.1) is 0 Å². The summed E-state index contributed by atoms with van der Waals surface area (Å²) in [6.45, 7) is 1.59. The van der Waals surface area contributed by atoms with Gasteiger partial charge in [-0.1, -0.05) is 11.3 Å². The number of nitrogens with zero attached hydrogens (tertiary/aromatic N) is 1. The quantitative estimate of drug-likeness (QED) is 0.439. The highest BCUT2D eigenvalue weighted by molar-refractivity contribution is 7.90. The number of hydrogen-bond acceptors (Lipinski definition) is 7. The number of isocyanates is 1. The van der Waals surface area contributed by atoms with E-state index in [9.17, 15) is 31.2 Å². The van der Waals surface area contributed by atoms with E-state index in [1.807, 2.05) is 0 Å². The first-order chi connectivity index (χ1) is 10.1. The van der Waals surface area contributed by atoms with Gasteiger partial charge in [0.25, 0.3) is 16.1 Å². The molecule has 1 aromatic heterocycles. The second kappa shape index (κ2) is 6.90. The van der Waals surface area contributed by atoms with Crippen LogP contribution in [0.4, 0.5) is 13.2 Å². The van der Waals surface area contributed by atoms with Crippen LogP contribution in [0.25, 0.3) is 0 Å². The van der Waals surface area contributed by atoms with Crippen LogP contribution in [0.5, 0.6) is 5.75 Å². The van der Waals surface area contributed by atoms with Gasteiger partial charge in [-0.05, 0) is 6.42 Å². The highest BCUT2D eigenvalue weighted by atomic mass is 32.2. The molecule has 0 atom stereocenters. The van der Waals surface area contributed by atoms with Gasteiger partial charge in [-0.3, -0.25) is 0 Å². The third-order valence-corrected chi connectivity index (χ3v) is 4.28. The molecule has 0 fully saturated rings. The van der Waals surface area contributed by atoms with Crippen LogP contribution in [0.2, 0.25) is 0 Å². The third-order valence-electron chi connectivity index (χ3n) is 1.98. The number of thiophene rings is 1. The highest BCUT2D eigenvalue weighted by Crippen LogP contribution is 2.38. The van der Waals surface area contributed by atoms with Crippen molar-refractivity contribution in [2.75, 3.05) is 6.61 Å². The average Bonchev–Trinajstić information content (AvgIpc) is 2.78. The van der Waals surface area contributed by atoms with Crippen molar-refractivity contribution in [1.29, 1.82) is 0 Å². The standard InChI is InChI=1S/C10H8F3NO6S2/c1-2-3-19-9(16)7-8(22(17,18)14-5-15)6(4-21-7)20-10(11,12)13/h4H,2-3H2,1H3. The van der Waals surface area contributed by atoms with Crippen LogP contribution in [0.3, 0.4) is 0 Å². The van der Waals surface area contributed by atoms with Gasteiger partial charge in [0.2, 0.25) is 0 Å². The van der Waals surface area contributed by atoms with Gasteiger partial charge in [0.1, 0.15) is 4.88 Å². The lowest BCUT2D eigenvalue weighted by atomic mass is 10.4. The smallest absolute Gasteiger partial charge is 0.461 e. The topological polar surface area (TPSA) is 99.1 Å². The van der Waals surface area contributed by atoms with Crippen LogP contribution in [0.15, 0.2) is 14.7 Å². The third kappa shape index (κ3) is 4.55. The summed E-state index contributed by atoms with van der Waals surface area (Å²) in [5, 5.41) is 0.656. The second-order valence-electron chi connectivity index (χ2n) is 3.60. The fraction of sp³-hybridized carbons (Fsp3) is 0.400. The molecule has 22 heavy (non-hydrogen) atoms. The van der Waals surface area contributed by atoms with Crippen LogP contribution in [-0.4, -0.2) is 33.4 Å². The molecular weight excluding hydrogens is 351 g/mol.